The second-order valence-corrected chi connectivity index (χ2v) is 6.84. The summed E-state index contributed by atoms with van der Waals surface area (Å²) < 4.78 is 0. The van der Waals surface area contributed by atoms with Crippen molar-refractivity contribution in [3.63, 3.8) is 0 Å². The van der Waals surface area contributed by atoms with Crippen LogP contribution in [-0.4, -0.2) is 40.2 Å². The Bertz CT molecular complexity index is 642. The van der Waals surface area contributed by atoms with Crippen molar-refractivity contribution in [1.82, 2.24) is 9.88 Å². The van der Waals surface area contributed by atoms with Crippen molar-refractivity contribution in [1.29, 1.82) is 0 Å². The number of hydrogen-bond acceptors (Lipinski definition) is 5. The molecule has 0 saturated carbocycles. The number of aromatic nitrogens is 1. The van der Waals surface area contributed by atoms with Gasteiger partial charge in [-0.25, -0.2) is 4.98 Å². The van der Waals surface area contributed by atoms with Crippen LogP contribution in [0.4, 0.5) is 5.69 Å². The Labute approximate surface area is 140 Å². The molecule has 0 aliphatic carbocycles. The van der Waals surface area contributed by atoms with Crippen LogP contribution in [0.1, 0.15) is 29.8 Å². The lowest BCUT2D eigenvalue weighted by Gasteiger charge is -2.23. The van der Waals surface area contributed by atoms with Crippen molar-refractivity contribution in [3.05, 3.63) is 46.4 Å². The first-order valence-electron chi connectivity index (χ1n) is 7.80. The summed E-state index contributed by atoms with van der Waals surface area (Å²) in [6, 6.07) is 7.63. The topological polar surface area (TPSA) is 65.5 Å². The molecule has 2 aromatic rings. The lowest BCUT2D eigenvalue weighted by Crippen LogP contribution is -2.34. The summed E-state index contributed by atoms with van der Waals surface area (Å²) in [6.45, 7) is 3.25. The molecule has 1 aliphatic rings. The Kier molecular flexibility index (Phi) is 5.05. The van der Waals surface area contributed by atoms with E-state index >= 15 is 0 Å². The van der Waals surface area contributed by atoms with E-state index in [4.69, 9.17) is 0 Å². The van der Waals surface area contributed by atoms with Gasteiger partial charge in [-0.3, -0.25) is 9.69 Å². The summed E-state index contributed by atoms with van der Waals surface area (Å²) in [7, 11) is 0. The molecule has 0 spiro atoms. The number of anilines is 1. The fourth-order valence-corrected chi connectivity index (χ4v) is 3.73. The highest BCUT2D eigenvalue weighted by Crippen LogP contribution is 2.29. The molecule has 3 rings (SSSR count). The van der Waals surface area contributed by atoms with Gasteiger partial charge >= 0.3 is 0 Å². The van der Waals surface area contributed by atoms with E-state index in [2.05, 4.69) is 15.2 Å². The molecular formula is C17H21N3O2S. The van der Waals surface area contributed by atoms with Gasteiger partial charge in [-0.05, 0) is 24.1 Å². The fourth-order valence-electron chi connectivity index (χ4n) is 2.96. The molecule has 0 bridgehead atoms. The third-order valence-electron chi connectivity index (χ3n) is 4.13. The molecule has 1 fully saturated rings. The van der Waals surface area contributed by atoms with Gasteiger partial charge in [-0.2, -0.15) is 0 Å². The van der Waals surface area contributed by atoms with Crippen LogP contribution >= 0.6 is 11.3 Å². The van der Waals surface area contributed by atoms with Gasteiger partial charge in [0, 0.05) is 49.6 Å². The SMILES string of the molecule is CC(=O)Nc1ccc(CC(O)N2CCC(c3nccs3)C2)cc1. The number of thiazole rings is 1. The predicted molar refractivity (Wildman–Crippen MR) is 91.5 cm³/mol. The first-order chi connectivity index (χ1) is 11.1. The fraction of sp³-hybridized carbons (Fsp3) is 0.412. The van der Waals surface area contributed by atoms with Gasteiger partial charge < -0.3 is 10.4 Å². The van der Waals surface area contributed by atoms with Gasteiger partial charge in [0.15, 0.2) is 0 Å². The summed E-state index contributed by atoms with van der Waals surface area (Å²) >= 11 is 1.69. The minimum absolute atomic E-state index is 0.0805. The summed E-state index contributed by atoms with van der Waals surface area (Å²) in [5, 5.41) is 16.4. The zero-order valence-corrected chi connectivity index (χ0v) is 13.9. The smallest absolute Gasteiger partial charge is 0.221 e. The number of nitrogens with zero attached hydrogens (tertiary/aromatic N) is 2. The van der Waals surface area contributed by atoms with E-state index in [0.717, 1.165) is 30.8 Å². The maximum absolute atomic E-state index is 11.0. The summed E-state index contributed by atoms with van der Waals surface area (Å²) in [6.07, 6.45) is 3.00. The maximum atomic E-state index is 11.0. The molecule has 5 nitrogen and oxygen atoms in total. The molecule has 2 heterocycles. The van der Waals surface area contributed by atoms with E-state index in [9.17, 15) is 9.90 Å². The lowest BCUT2D eigenvalue weighted by atomic mass is 10.1. The number of amides is 1. The van der Waals surface area contributed by atoms with Crippen molar-refractivity contribution in [2.75, 3.05) is 18.4 Å². The molecule has 1 saturated heterocycles. The molecule has 1 aromatic heterocycles. The maximum Gasteiger partial charge on any atom is 0.221 e. The van der Waals surface area contributed by atoms with Crippen LogP contribution in [0.2, 0.25) is 0 Å². The average molecular weight is 331 g/mol. The highest BCUT2D eigenvalue weighted by Gasteiger charge is 2.29. The number of hydrogen-bond donors (Lipinski definition) is 2. The molecular weight excluding hydrogens is 310 g/mol. The van der Waals surface area contributed by atoms with Gasteiger partial charge in [0.05, 0.1) is 5.01 Å². The normalized spacial score (nSPS) is 19.7. The number of rotatable bonds is 5. The second-order valence-electron chi connectivity index (χ2n) is 5.91. The third-order valence-corrected chi connectivity index (χ3v) is 5.07. The molecule has 2 atom stereocenters. The molecule has 23 heavy (non-hydrogen) atoms. The van der Waals surface area contributed by atoms with E-state index in [0.29, 0.717) is 12.3 Å². The highest BCUT2D eigenvalue weighted by atomic mass is 32.1. The van der Waals surface area contributed by atoms with Crippen LogP contribution in [0.25, 0.3) is 0 Å². The summed E-state index contributed by atoms with van der Waals surface area (Å²) in [5.74, 6) is 0.356. The number of carbonyl (C=O) groups excluding carboxylic acids is 1. The van der Waals surface area contributed by atoms with Gasteiger partial charge in [0.2, 0.25) is 5.91 Å². The number of aliphatic hydroxyl groups is 1. The van der Waals surface area contributed by atoms with Crippen LogP contribution in [-0.2, 0) is 11.2 Å². The Morgan fingerprint density at radius 2 is 2.26 bits per heavy atom. The largest absolute Gasteiger partial charge is 0.378 e. The molecule has 122 valence electrons. The van der Waals surface area contributed by atoms with Crippen molar-refractivity contribution >= 4 is 22.9 Å². The molecule has 2 N–H and O–H groups in total. The molecule has 2 unspecified atom stereocenters. The van der Waals surface area contributed by atoms with E-state index in [-0.39, 0.29) is 5.91 Å². The molecule has 1 aliphatic heterocycles. The second kappa shape index (κ2) is 7.21. The van der Waals surface area contributed by atoms with Crippen LogP contribution in [0.3, 0.4) is 0 Å². The van der Waals surface area contributed by atoms with Crippen molar-refractivity contribution in [2.24, 2.45) is 0 Å². The van der Waals surface area contributed by atoms with Crippen LogP contribution in [0.15, 0.2) is 35.8 Å². The molecule has 1 amide bonds. The zero-order valence-electron chi connectivity index (χ0n) is 13.1. The van der Waals surface area contributed by atoms with E-state index < -0.39 is 6.23 Å². The van der Waals surface area contributed by atoms with Crippen LogP contribution in [0, 0.1) is 0 Å². The van der Waals surface area contributed by atoms with Gasteiger partial charge in [0.25, 0.3) is 0 Å². The summed E-state index contributed by atoms with van der Waals surface area (Å²) in [5.41, 5.74) is 1.84. The van der Waals surface area contributed by atoms with E-state index in [1.54, 1.807) is 11.3 Å². The minimum atomic E-state index is -0.480. The van der Waals surface area contributed by atoms with Crippen molar-refractivity contribution < 1.29 is 9.90 Å². The Hall–Kier alpha value is -1.76. The zero-order chi connectivity index (χ0) is 16.2. The third kappa shape index (κ3) is 4.16. The molecule has 0 radical (unpaired) electrons. The van der Waals surface area contributed by atoms with Gasteiger partial charge in [-0.15, -0.1) is 11.3 Å². The quantitative estimate of drug-likeness (QED) is 0.883. The first kappa shape index (κ1) is 16.1. The Balaban J connectivity index is 1.55. The number of benzene rings is 1. The minimum Gasteiger partial charge on any atom is -0.378 e. The molecule has 6 heteroatoms. The number of aliphatic hydroxyl groups excluding tert-OH is 1. The highest BCUT2D eigenvalue weighted by molar-refractivity contribution is 7.09. The predicted octanol–water partition coefficient (Wildman–Crippen LogP) is 2.45. The van der Waals surface area contributed by atoms with Gasteiger partial charge in [-0.1, -0.05) is 12.1 Å². The summed E-state index contributed by atoms with van der Waals surface area (Å²) in [4.78, 5) is 17.5. The Morgan fingerprint density at radius 1 is 1.48 bits per heavy atom. The average Bonchev–Trinajstić information content (AvgIpc) is 3.19. The molecule has 1 aromatic carbocycles. The van der Waals surface area contributed by atoms with Gasteiger partial charge in [0.1, 0.15) is 6.23 Å². The number of likely N-dealkylation sites (tertiary alicyclic amines) is 1. The number of carbonyl (C=O) groups is 1. The van der Waals surface area contributed by atoms with Crippen molar-refractivity contribution in [2.45, 2.75) is 31.9 Å². The number of nitrogens with one attached hydrogen (secondary N) is 1. The lowest BCUT2D eigenvalue weighted by molar-refractivity contribution is -0.114. The van der Waals surface area contributed by atoms with Crippen LogP contribution in [0.5, 0.6) is 0 Å². The first-order valence-corrected chi connectivity index (χ1v) is 8.68. The monoisotopic (exact) mass is 331 g/mol. The standard InChI is InChI=1S/C17H21N3O2S/c1-12(21)19-15-4-2-13(3-5-15)10-16(22)20-8-6-14(11-20)17-18-7-9-23-17/h2-5,7,9,14,16,22H,6,8,10-11H2,1H3,(H,19,21). The van der Waals surface area contributed by atoms with Crippen molar-refractivity contribution in [3.8, 4) is 0 Å². The van der Waals surface area contributed by atoms with Crippen LogP contribution < -0.4 is 5.32 Å². The van der Waals surface area contributed by atoms with E-state index in [1.807, 2.05) is 35.8 Å². The van der Waals surface area contributed by atoms with E-state index in [1.165, 1.54) is 11.9 Å². The Morgan fingerprint density at radius 3 is 2.91 bits per heavy atom.